The zero-order valence-electron chi connectivity index (χ0n) is 18.2. The number of carbonyl (C=O) groups is 1. The minimum Gasteiger partial charge on any atom is -0.345 e. The first kappa shape index (κ1) is 20.2. The summed E-state index contributed by atoms with van der Waals surface area (Å²) in [5.41, 5.74) is 4.17. The lowest BCUT2D eigenvalue weighted by Gasteiger charge is -2.08. The maximum absolute atomic E-state index is 13.3. The summed E-state index contributed by atoms with van der Waals surface area (Å²) >= 11 is 0. The lowest BCUT2D eigenvalue weighted by molar-refractivity contribution is 0.0950. The standard InChI is InChI=1S/C25H26N6O/c1-18-11-13-19(14-12-18)24-21(17-31(29-24)20-8-4-2-5-9-20)25(32)26-16-23-28-27-22-10-6-3-7-15-30(22)23/h2,4-5,8-9,11-14,17H,3,6-7,10,15-16H2,1H3,(H,26,32). The molecule has 162 valence electrons. The van der Waals surface area contributed by atoms with Gasteiger partial charge in [-0.25, -0.2) is 4.68 Å². The van der Waals surface area contributed by atoms with E-state index in [4.69, 9.17) is 5.10 Å². The number of fused-ring (bicyclic) bond motifs is 1. The molecule has 0 saturated carbocycles. The van der Waals surface area contributed by atoms with Gasteiger partial charge in [-0.15, -0.1) is 10.2 Å². The third-order valence-electron chi connectivity index (χ3n) is 5.90. The smallest absolute Gasteiger partial charge is 0.255 e. The third-order valence-corrected chi connectivity index (χ3v) is 5.90. The Balaban J connectivity index is 1.44. The molecule has 1 amide bonds. The Morgan fingerprint density at radius 3 is 2.62 bits per heavy atom. The number of hydrogen-bond acceptors (Lipinski definition) is 4. The highest BCUT2D eigenvalue weighted by molar-refractivity contribution is 5.99. The van der Waals surface area contributed by atoms with Gasteiger partial charge in [0.1, 0.15) is 11.5 Å². The Hall–Kier alpha value is -3.74. The Morgan fingerprint density at radius 1 is 1.00 bits per heavy atom. The van der Waals surface area contributed by atoms with Crippen LogP contribution < -0.4 is 5.32 Å². The van der Waals surface area contributed by atoms with Crippen LogP contribution in [0.5, 0.6) is 0 Å². The minimum atomic E-state index is -0.172. The van der Waals surface area contributed by atoms with E-state index < -0.39 is 0 Å². The number of rotatable bonds is 5. The molecule has 5 rings (SSSR count). The van der Waals surface area contributed by atoms with E-state index in [2.05, 4.69) is 20.1 Å². The molecule has 0 fully saturated rings. The zero-order valence-corrected chi connectivity index (χ0v) is 18.2. The van der Waals surface area contributed by atoms with Crippen molar-refractivity contribution in [3.63, 3.8) is 0 Å². The highest BCUT2D eigenvalue weighted by Crippen LogP contribution is 2.24. The molecular weight excluding hydrogens is 400 g/mol. The van der Waals surface area contributed by atoms with Crippen molar-refractivity contribution in [3.05, 3.63) is 83.6 Å². The van der Waals surface area contributed by atoms with Crippen LogP contribution in [-0.4, -0.2) is 30.5 Å². The number of aromatic nitrogens is 5. The number of nitrogens with zero attached hydrogens (tertiary/aromatic N) is 5. The molecule has 2 aromatic heterocycles. The van der Waals surface area contributed by atoms with Gasteiger partial charge in [0, 0.05) is 24.7 Å². The molecule has 0 unspecified atom stereocenters. The Labute approximate surface area is 187 Å². The van der Waals surface area contributed by atoms with Gasteiger partial charge >= 0.3 is 0 Å². The summed E-state index contributed by atoms with van der Waals surface area (Å²) in [6, 6.07) is 17.9. The lowest BCUT2D eigenvalue weighted by atomic mass is 10.1. The lowest BCUT2D eigenvalue weighted by Crippen LogP contribution is -2.25. The highest BCUT2D eigenvalue weighted by Gasteiger charge is 2.20. The predicted octanol–water partition coefficient (Wildman–Crippen LogP) is 4.10. The molecule has 7 nitrogen and oxygen atoms in total. The number of para-hydroxylation sites is 1. The molecule has 1 aliphatic heterocycles. The van der Waals surface area contributed by atoms with E-state index in [0.29, 0.717) is 17.8 Å². The van der Waals surface area contributed by atoms with Gasteiger partial charge < -0.3 is 9.88 Å². The van der Waals surface area contributed by atoms with Crippen LogP contribution in [0.15, 0.2) is 60.8 Å². The van der Waals surface area contributed by atoms with Gasteiger partial charge in [0.25, 0.3) is 5.91 Å². The van der Waals surface area contributed by atoms with Gasteiger partial charge in [-0.1, -0.05) is 54.4 Å². The summed E-state index contributed by atoms with van der Waals surface area (Å²) in [6.07, 6.45) is 6.21. The monoisotopic (exact) mass is 426 g/mol. The number of amides is 1. The Bertz CT molecular complexity index is 1220. The number of aryl methyl sites for hydroxylation is 2. The van der Waals surface area contributed by atoms with Gasteiger partial charge in [0.05, 0.1) is 17.8 Å². The molecular formula is C25H26N6O. The summed E-state index contributed by atoms with van der Waals surface area (Å²) in [7, 11) is 0. The normalized spacial score (nSPS) is 13.4. The SMILES string of the molecule is Cc1ccc(-c2nn(-c3ccccc3)cc2C(=O)NCc2nnc3n2CCCCC3)cc1. The summed E-state index contributed by atoms with van der Waals surface area (Å²) < 4.78 is 3.91. The second kappa shape index (κ2) is 8.78. The largest absolute Gasteiger partial charge is 0.345 e. The first-order valence-corrected chi connectivity index (χ1v) is 11.1. The van der Waals surface area contributed by atoms with Crippen molar-refractivity contribution in [1.82, 2.24) is 29.9 Å². The van der Waals surface area contributed by atoms with Crippen LogP contribution in [0.1, 0.15) is 46.8 Å². The van der Waals surface area contributed by atoms with Crippen LogP contribution in [0.3, 0.4) is 0 Å². The fourth-order valence-electron chi connectivity index (χ4n) is 4.11. The van der Waals surface area contributed by atoms with E-state index in [-0.39, 0.29) is 5.91 Å². The van der Waals surface area contributed by atoms with Crippen LogP contribution in [0.2, 0.25) is 0 Å². The highest BCUT2D eigenvalue weighted by atomic mass is 16.1. The zero-order chi connectivity index (χ0) is 21.9. The van der Waals surface area contributed by atoms with E-state index >= 15 is 0 Å². The molecule has 2 aromatic carbocycles. The summed E-state index contributed by atoms with van der Waals surface area (Å²) in [6.45, 7) is 3.30. The Kier molecular flexibility index (Phi) is 5.54. The van der Waals surface area contributed by atoms with E-state index in [1.54, 1.807) is 10.9 Å². The average Bonchev–Trinajstić information content (AvgIpc) is 3.36. The maximum atomic E-state index is 13.3. The topological polar surface area (TPSA) is 77.6 Å². The number of hydrogen-bond donors (Lipinski definition) is 1. The van der Waals surface area contributed by atoms with E-state index in [0.717, 1.165) is 54.3 Å². The van der Waals surface area contributed by atoms with Crippen molar-refractivity contribution in [1.29, 1.82) is 0 Å². The molecule has 1 N–H and O–H groups in total. The number of nitrogens with one attached hydrogen (secondary N) is 1. The molecule has 0 aliphatic carbocycles. The van der Waals surface area contributed by atoms with E-state index in [1.807, 2.05) is 61.5 Å². The maximum Gasteiger partial charge on any atom is 0.255 e. The molecule has 7 heteroatoms. The molecule has 3 heterocycles. The van der Waals surface area contributed by atoms with Crippen molar-refractivity contribution in [2.24, 2.45) is 0 Å². The first-order chi connectivity index (χ1) is 15.7. The summed E-state index contributed by atoms with van der Waals surface area (Å²) in [5, 5.41) is 16.4. The molecule has 0 bridgehead atoms. The molecule has 0 atom stereocenters. The van der Waals surface area contributed by atoms with Crippen molar-refractivity contribution < 1.29 is 4.79 Å². The van der Waals surface area contributed by atoms with Crippen molar-refractivity contribution >= 4 is 5.91 Å². The molecule has 4 aromatic rings. The third kappa shape index (κ3) is 4.06. The van der Waals surface area contributed by atoms with Crippen LogP contribution in [0, 0.1) is 6.92 Å². The quantitative estimate of drug-likeness (QED) is 0.521. The summed E-state index contributed by atoms with van der Waals surface area (Å²) in [4.78, 5) is 13.3. The number of carbonyl (C=O) groups excluding carboxylic acids is 1. The van der Waals surface area contributed by atoms with Crippen molar-refractivity contribution in [2.45, 2.75) is 45.7 Å². The van der Waals surface area contributed by atoms with Gasteiger partial charge in [-0.2, -0.15) is 5.10 Å². The van der Waals surface area contributed by atoms with Gasteiger partial charge in [-0.3, -0.25) is 4.79 Å². The van der Waals surface area contributed by atoms with Crippen LogP contribution in [-0.2, 0) is 19.5 Å². The molecule has 0 spiro atoms. The van der Waals surface area contributed by atoms with Crippen LogP contribution in [0.25, 0.3) is 16.9 Å². The fourth-order valence-corrected chi connectivity index (χ4v) is 4.11. The van der Waals surface area contributed by atoms with Crippen molar-refractivity contribution in [2.75, 3.05) is 0 Å². The second-order valence-electron chi connectivity index (χ2n) is 8.21. The van der Waals surface area contributed by atoms with Crippen LogP contribution >= 0.6 is 0 Å². The second-order valence-corrected chi connectivity index (χ2v) is 8.21. The van der Waals surface area contributed by atoms with Crippen LogP contribution in [0.4, 0.5) is 0 Å². The first-order valence-electron chi connectivity index (χ1n) is 11.1. The minimum absolute atomic E-state index is 0.172. The fraction of sp³-hybridized carbons (Fsp3) is 0.280. The molecule has 0 saturated heterocycles. The molecule has 1 aliphatic rings. The van der Waals surface area contributed by atoms with E-state index in [1.165, 1.54) is 6.42 Å². The average molecular weight is 427 g/mol. The summed E-state index contributed by atoms with van der Waals surface area (Å²) in [5.74, 6) is 1.65. The molecule has 0 radical (unpaired) electrons. The molecule has 32 heavy (non-hydrogen) atoms. The van der Waals surface area contributed by atoms with Crippen molar-refractivity contribution in [3.8, 4) is 16.9 Å². The Morgan fingerprint density at radius 2 is 1.81 bits per heavy atom. The predicted molar refractivity (Wildman–Crippen MR) is 122 cm³/mol. The van der Waals surface area contributed by atoms with Gasteiger partial charge in [0.15, 0.2) is 5.82 Å². The van der Waals surface area contributed by atoms with Gasteiger partial charge in [-0.05, 0) is 31.9 Å². The van der Waals surface area contributed by atoms with E-state index in [9.17, 15) is 4.79 Å². The number of benzene rings is 2. The van der Waals surface area contributed by atoms with Gasteiger partial charge in [0.2, 0.25) is 0 Å².